The van der Waals surface area contributed by atoms with E-state index in [1.54, 1.807) is 6.92 Å². The Labute approximate surface area is 105 Å². The van der Waals surface area contributed by atoms with Gasteiger partial charge < -0.3 is 10.8 Å². The zero-order valence-corrected chi connectivity index (χ0v) is 10.8. The smallest absolute Gasteiger partial charge is 0.319 e. The van der Waals surface area contributed by atoms with Crippen molar-refractivity contribution in [2.75, 3.05) is 5.75 Å². The molecule has 3 N–H and O–H groups in total. The van der Waals surface area contributed by atoms with Gasteiger partial charge in [-0.25, -0.2) is 8.42 Å². The highest BCUT2D eigenvalue weighted by atomic mass is 32.2. The Morgan fingerprint density at radius 3 is 2.56 bits per heavy atom. The number of rotatable bonds is 2. The number of carbonyl (C=O) groups is 2. The molecule has 1 saturated heterocycles. The molecule has 2 rings (SSSR count). The summed E-state index contributed by atoms with van der Waals surface area (Å²) in [5.41, 5.74) is 4.15. The van der Waals surface area contributed by atoms with Crippen LogP contribution in [0.4, 0.5) is 0 Å². The molecule has 2 aliphatic rings. The second kappa shape index (κ2) is 3.81. The van der Waals surface area contributed by atoms with Crippen LogP contribution >= 0.6 is 0 Å². The molecule has 0 saturated carbocycles. The van der Waals surface area contributed by atoms with Crippen LogP contribution < -0.4 is 5.73 Å². The van der Waals surface area contributed by atoms with Crippen LogP contribution in [0.25, 0.3) is 0 Å². The van der Waals surface area contributed by atoms with Gasteiger partial charge in [-0.3, -0.25) is 9.59 Å². The topological polar surface area (TPSA) is 115 Å². The Kier molecular flexibility index (Phi) is 2.77. The third-order valence-corrected chi connectivity index (χ3v) is 6.13. The van der Waals surface area contributed by atoms with E-state index in [4.69, 9.17) is 5.73 Å². The van der Waals surface area contributed by atoms with Crippen LogP contribution in [0, 0.1) is 11.3 Å². The lowest BCUT2D eigenvalue weighted by molar-refractivity contribution is -0.158. The first-order valence-corrected chi connectivity index (χ1v) is 7.34. The van der Waals surface area contributed by atoms with E-state index in [0.717, 1.165) is 0 Å². The highest BCUT2D eigenvalue weighted by Crippen LogP contribution is 2.51. The Morgan fingerprint density at radius 2 is 2.06 bits per heavy atom. The van der Waals surface area contributed by atoms with Gasteiger partial charge in [0.2, 0.25) is 5.91 Å². The predicted octanol–water partition coefficient (Wildman–Crippen LogP) is 0.0452. The molecule has 0 bridgehead atoms. The lowest BCUT2D eigenvalue weighted by atomic mass is 9.66. The molecule has 100 valence electrons. The van der Waals surface area contributed by atoms with Crippen molar-refractivity contribution < 1.29 is 23.1 Å². The molecule has 0 radical (unpaired) electrons. The molecular formula is C11H15NO5S. The highest BCUT2D eigenvalue weighted by molar-refractivity contribution is 7.95. The van der Waals surface area contributed by atoms with Crippen LogP contribution in [-0.4, -0.2) is 31.2 Å². The van der Waals surface area contributed by atoms with E-state index in [1.165, 1.54) is 0 Å². The maximum absolute atomic E-state index is 11.9. The number of amides is 1. The maximum Gasteiger partial charge on any atom is 0.319 e. The second-order valence-corrected chi connectivity index (χ2v) is 7.02. The van der Waals surface area contributed by atoms with Crippen LogP contribution in [0.15, 0.2) is 10.5 Å². The normalized spacial score (nSPS) is 34.2. The zero-order chi connectivity index (χ0) is 13.7. The van der Waals surface area contributed by atoms with Crippen molar-refractivity contribution in [1.82, 2.24) is 0 Å². The SMILES string of the molecule is CC1=C2C(CCS2(=O)=O)C(C(N)=O)(C(=O)O)CC1. The van der Waals surface area contributed by atoms with Crippen molar-refractivity contribution in [2.24, 2.45) is 17.1 Å². The van der Waals surface area contributed by atoms with Gasteiger partial charge in [0.05, 0.1) is 5.75 Å². The van der Waals surface area contributed by atoms with Gasteiger partial charge in [0.1, 0.15) is 0 Å². The van der Waals surface area contributed by atoms with E-state index in [2.05, 4.69) is 0 Å². The molecule has 0 aromatic carbocycles. The molecule has 0 aromatic heterocycles. The minimum atomic E-state index is -3.43. The number of carbonyl (C=O) groups excluding carboxylic acids is 1. The average Bonchev–Trinajstić information content (AvgIpc) is 2.56. The van der Waals surface area contributed by atoms with Crippen molar-refractivity contribution in [3.63, 3.8) is 0 Å². The second-order valence-electron chi connectivity index (χ2n) is 4.95. The van der Waals surface area contributed by atoms with Crippen LogP contribution in [0.1, 0.15) is 26.2 Å². The molecule has 1 aliphatic carbocycles. The van der Waals surface area contributed by atoms with Gasteiger partial charge in [-0.05, 0) is 26.2 Å². The molecule has 2 atom stereocenters. The minimum absolute atomic E-state index is 0.0766. The number of primary amides is 1. The van der Waals surface area contributed by atoms with Gasteiger partial charge in [-0.15, -0.1) is 0 Å². The van der Waals surface area contributed by atoms with E-state index in [9.17, 15) is 23.1 Å². The lowest BCUT2D eigenvalue weighted by Gasteiger charge is -2.36. The molecule has 2 unspecified atom stereocenters. The number of carboxylic acid groups (broad SMARTS) is 1. The number of nitrogens with two attached hydrogens (primary N) is 1. The molecule has 1 fully saturated rings. The van der Waals surface area contributed by atoms with E-state index in [1.807, 2.05) is 0 Å². The van der Waals surface area contributed by atoms with Crippen molar-refractivity contribution in [2.45, 2.75) is 26.2 Å². The van der Waals surface area contributed by atoms with Gasteiger partial charge in [-0.2, -0.15) is 0 Å². The number of allylic oxidation sites excluding steroid dienone is 2. The molecular weight excluding hydrogens is 258 g/mol. The summed E-state index contributed by atoms with van der Waals surface area (Å²) >= 11 is 0. The number of carboxylic acids is 1. The summed E-state index contributed by atoms with van der Waals surface area (Å²) in [6.45, 7) is 1.68. The molecule has 1 aliphatic heterocycles. The fourth-order valence-corrected chi connectivity index (χ4v) is 5.25. The minimum Gasteiger partial charge on any atom is -0.480 e. The first-order chi connectivity index (χ1) is 8.23. The molecule has 0 aromatic rings. The van der Waals surface area contributed by atoms with Crippen molar-refractivity contribution in [3.05, 3.63) is 10.5 Å². The Morgan fingerprint density at radius 1 is 1.44 bits per heavy atom. The quantitative estimate of drug-likeness (QED) is 0.690. The third-order valence-electron chi connectivity index (χ3n) is 4.06. The van der Waals surface area contributed by atoms with Crippen molar-refractivity contribution in [1.29, 1.82) is 0 Å². The van der Waals surface area contributed by atoms with Crippen LogP contribution in [0.2, 0.25) is 0 Å². The first-order valence-electron chi connectivity index (χ1n) is 5.69. The summed E-state index contributed by atoms with van der Waals surface area (Å²) in [7, 11) is -3.43. The molecule has 6 nitrogen and oxygen atoms in total. The summed E-state index contributed by atoms with van der Waals surface area (Å²) < 4.78 is 23.9. The molecule has 0 spiro atoms. The van der Waals surface area contributed by atoms with Crippen LogP contribution in [0.5, 0.6) is 0 Å². The maximum atomic E-state index is 11.9. The predicted molar refractivity (Wildman–Crippen MR) is 63.1 cm³/mol. The summed E-state index contributed by atoms with van der Waals surface area (Å²) in [6, 6.07) is 0. The van der Waals surface area contributed by atoms with Crippen LogP contribution in [-0.2, 0) is 19.4 Å². The molecule has 1 amide bonds. The summed E-state index contributed by atoms with van der Waals surface area (Å²) in [5.74, 6) is -3.16. The number of hydrogen-bond acceptors (Lipinski definition) is 4. The lowest BCUT2D eigenvalue weighted by Crippen LogP contribution is -2.51. The number of hydrogen-bond donors (Lipinski definition) is 2. The van der Waals surface area contributed by atoms with E-state index in [-0.39, 0.29) is 29.9 Å². The number of sulfone groups is 1. The zero-order valence-electron chi connectivity index (χ0n) is 9.97. The standard InChI is InChI=1S/C11H15NO5S/c1-6-2-4-11(9(12)13,10(14)15)7-3-5-18(16,17)8(6)7/h7H,2-5H2,1H3,(H2,12,13)(H,14,15). The fourth-order valence-electron chi connectivity index (χ4n) is 3.10. The van der Waals surface area contributed by atoms with Gasteiger partial charge in [0.25, 0.3) is 0 Å². The number of fused-ring (bicyclic) bond motifs is 1. The van der Waals surface area contributed by atoms with Crippen molar-refractivity contribution in [3.8, 4) is 0 Å². The largest absolute Gasteiger partial charge is 0.480 e. The monoisotopic (exact) mass is 273 g/mol. The van der Waals surface area contributed by atoms with E-state index < -0.39 is 33.0 Å². The van der Waals surface area contributed by atoms with Gasteiger partial charge >= 0.3 is 5.97 Å². The highest BCUT2D eigenvalue weighted by Gasteiger charge is 2.59. The van der Waals surface area contributed by atoms with Gasteiger partial charge in [0, 0.05) is 10.8 Å². The fraction of sp³-hybridized carbons (Fsp3) is 0.636. The summed E-state index contributed by atoms with van der Waals surface area (Å²) in [4.78, 5) is 23.2. The van der Waals surface area contributed by atoms with Gasteiger partial charge in [0.15, 0.2) is 15.3 Å². The third kappa shape index (κ3) is 1.50. The summed E-state index contributed by atoms with van der Waals surface area (Å²) in [6.07, 6.45) is 0.512. The van der Waals surface area contributed by atoms with Crippen LogP contribution in [0.3, 0.4) is 0 Å². The van der Waals surface area contributed by atoms with E-state index in [0.29, 0.717) is 5.57 Å². The molecule has 18 heavy (non-hydrogen) atoms. The van der Waals surface area contributed by atoms with Crippen molar-refractivity contribution >= 4 is 21.7 Å². The Balaban J connectivity index is 2.66. The Hall–Kier alpha value is -1.37. The molecule has 7 heteroatoms. The average molecular weight is 273 g/mol. The van der Waals surface area contributed by atoms with E-state index >= 15 is 0 Å². The molecule has 1 heterocycles. The Bertz CT molecular complexity index is 546. The number of aliphatic carboxylic acids is 1. The first kappa shape index (κ1) is 13.1. The summed E-state index contributed by atoms with van der Waals surface area (Å²) in [5, 5.41) is 9.34. The van der Waals surface area contributed by atoms with Gasteiger partial charge in [-0.1, -0.05) is 5.57 Å².